The lowest BCUT2D eigenvalue weighted by Gasteiger charge is -2.33. The predicted octanol–water partition coefficient (Wildman–Crippen LogP) is 0.835. The number of hydrogen-bond acceptors (Lipinski definition) is 7. The maximum Gasteiger partial charge on any atom is 0.332 e. The molecule has 0 saturated carbocycles. The van der Waals surface area contributed by atoms with Crippen molar-refractivity contribution in [3.8, 4) is 0 Å². The quantitative estimate of drug-likeness (QED) is 0.406. The predicted molar refractivity (Wildman–Crippen MR) is 125 cm³/mol. The smallest absolute Gasteiger partial charge is 0.332 e. The second-order valence-corrected chi connectivity index (χ2v) is 8.96. The van der Waals surface area contributed by atoms with Crippen molar-refractivity contribution in [1.82, 2.24) is 31.7 Å². The van der Waals surface area contributed by atoms with Crippen molar-refractivity contribution < 1.29 is 14.3 Å². The van der Waals surface area contributed by atoms with Crippen molar-refractivity contribution in [3.05, 3.63) is 47.2 Å². The Balaban J connectivity index is 1.34. The highest BCUT2D eigenvalue weighted by molar-refractivity contribution is 6.08. The summed E-state index contributed by atoms with van der Waals surface area (Å²) in [5.41, 5.74) is 8.65. The highest BCUT2D eigenvalue weighted by Gasteiger charge is 2.45. The molecule has 33 heavy (non-hydrogen) atoms. The number of nitrogens with one attached hydrogen (secondary N) is 5. The van der Waals surface area contributed by atoms with Crippen LogP contribution in [0.1, 0.15) is 42.6 Å². The molecule has 1 aromatic carbocycles. The molecule has 10 nitrogen and oxygen atoms in total. The Morgan fingerprint density at radius 2 is 2.06 bits per heavy atom. The van der Waals surface area contributed by atoms with Crippen molar-refractivity contribution in [2.24, 2.45) is 4.99 Å². The molecule has 0 spiro atoms. The molecule has 0 aliphatic carbocycles. The lowest BCUT2D eigenvalue weighted by atomic mass is 9.94. The van der Waals surface area contributed by atoms with E-state index in [1.165, 1.54) is 0 Å². The van der Waals surface area contributed by atoms with Gasteiger partial charge in [-0.25, -0.2) is 15.2 Å². The summed E-state index contributed by atoms with van der Waals surface area (Å²) in [5, 5.41) is 9.47. The molecule has 0 bridgehead atoms. The zero-order chi connectivity index (χ0) is 23.4. The van der Waals surface area contributed by atoms with Gasteiger partial charge in [-0.05, 0) is 44.4 Å². The van der Waals surface area contributed by atoms with Crippen LogP contribution in [0.5, 0.6) is 0 Å². The summed E-state index contributed by atoms with van der Waals surface area (Å²) in [6, 6.07) is 7.41. The minimum Gasteiger partial charge on any atom is -0.381 e. The molecule has 0 radical (unpaired) electrons. The van der Waals surface area contributed by atoms with Gasteiger partial charge < -0.3 is 20.3 Å². The van der Waals surface area contributed by atoms with E-state index in [1.54, 1.807) is 24.1 Å². The van der Waals surface area contributed by atoms with Gasteiger partial charge in [0.25, 0.3) is 5.91 Å². The van der Waals surface area contributed by atoms with E-state index in [9.17, 15) is 9.59 Å². The number of nitrogens with zero attached hydrogens (tertiary/aromatic N) is 2. The Hall–Kier alpha value is -2.95. The molecule has 1 atom stereocenters. The SMILES string of the molecule is CNC(=O)c1cccc(CNNC(=O)N2CC3=NC(NC4CCOCC4)NC=C3C2(C)C)c1. The van der Waals surface area contributed by atoms with Gasteiger partial charge in [0.1, 0.15) is 0 Å². The third-order valence-electron chi connectivity index (χ3n) is 6.39. The second kappa shape index (κ2) is 9.90. The fourth-order valence-corrected chi connectivity index (χ4v) is 4.41. The number of carbonyl (C=O) groups excluding carboxylic acids is 2. The van der Waals surface area contributed by atoms with Crippen LogP contribution in [0.2, 0.25) is 0 Å². The van der Waals surface area contributed by atoms with E-state index in [2.05, 4.69) is 26.8 Å². The highest BCUT2D eigenvalue weighted by Crippen LogP contribution is 2.33. The standard InChI is InChI=1S/C23H33N7O3/c1-23(2)18-13-25-21(27-17-7-9-33-10-8-17)28-19(18)14-30(23)22(32)29-26-12-15-5-4-6-16(11-15)20(31)24-3/h4-6,11,13,17,21,25-27H,7-10,12,14H2,1-3H3,(H,24,31)(H,29,32). The summed E-state index contributed by atoms with van der Waals surface area (Å²) in [5.74, 6) is -0.144. The summed E-state index contributed by atoms with van der Waals surface area (Å²) in [4.78, 5) is 31.4. The van der Waals surface area contributed by atoms with Gasteiger partial charge in [0.05, 0.1) is 17.8 Å². The molecular weight excluding hydrogens is 422 g/mol. The van der Waals surface area contributed by atoms with Crippen LogP contribution in [0.15, 0.2) is 41.0 Å². The molecule has 10 heteroatoms. The van der Waals surface area contributed by atoms with Gasteiger partial charge in [-0.3, -0.25) is 15.5 Å². The van der Waals surface area contributed by atoms with E-state index in [4.69, 9.17) is 9.73 Å². The van der Waals surface area contributed by atoms with Crippen LogP contribution < -0.4 is 26.8 Å². The number of benzene rings is 1. The number of hydrogen-bond donors (Lipinski definition) is 5. The van der Waals surface area contributed by atoms with Crippen molar-refractivity contribution in [2.45, 2.75) is 51.1 Å². The Morgan fingerprint density at radius 3 is 2.82 bits per heavy atom. The fraction of sp³-hybridized carbons (Fsp3) is 0.522. The number of aliphatic imine (C=N–C) groups is 1. The molecule has 2 fully saturated rings. The first kappa shape index (κ1) is 23.2. The zero-order valence-corrected chi connectivity index (χ0v) is 19.4. The highest BCUT2D eigenvalue weighted by atomic mass is 16.5. The molecule has 0 aromatic heterocycles. The van der Waals surface area contributed by atoms with Crippen LogP contribution >= 0.6 is 0 Å². The number of fused-ring (bicyclic) bond motifs is 1. The molecule has 3 heterocycles. The summed E-state index contributed by atoms with van der Waals surface area (Å²) >= 11 is 0. The van der Waals surface area contributed by atoms with Crippen LogP contribution in [0, 0.1) is 0 Å². The van der Waals surface area contributed by atoms with Crippen molar-refractivity contribution in [2.75, 3.05) is 26.8 Å². The van der Waals surface area contributed by atoms with Crippen molar-refractivity contribution in [1.29, 1.82) is 0 Å². The van der Waals surface area contributed by atoms with Gasteiger partial charge >= 0.3 is 6.03 Å². The third kappa shape index (κ3) is 5.18. The monoisotopic (exact) mass is 455 g/mol. The summed E-state index contributed by atoms with van der Waals surface area (Å²) < 4.78 is 5.42. The first-order valence-electron chi connectivity index (χ1n) is 11.4. The normalized spacial score (nSPS) is 22.0. The second-order valence-electron chi connectivity index (χ2n) is 8.96. The molecular formula is C23H33N7O3. The summed E-state index contributed by atoms with van der Waals surface area (Å²) in [6.07, 6.45) is 3.72. The summed E-state index contributed by atoms with van der Waals surface area (Å²) in [6.45, 7) is 6.40. The number of amides is 3. The van der Waals surface area contributed by atoms with Gasteiger partial charge in [-0.15, -0.1) is 0 Å². The van der Waals surface area contributed by atoms with E-state index in [-0.39, 0.29) is 18.2 Å². The molecule has 3 amide bonds. The number of urea groups is 1. The largest absolute Gasteiger partial charge is 0.381 e. The van der Waals surface area contributed by atoms with E-state index < -0.39 is 5.54 Å². The van der Waals surface area contributed by atoms with Crippen LogP contribution in [0.25, 0.3) is 0 Å². The lowest BCUT2D eigenvalue weighted by molar-refractivity contribution is 0.0743. The van der Waals surface area contributed by atoms with E-state index in [0.717, 1.165) is 42.9 Å². The van der Waals surface area contributed by atoms with Gasteiger partial charge in [0.2, 0.25) is 0 Å². The van der Waals surface area contributed by atoms with E-state index >= 15 is 0 Å². The zero-order valence-electron chi connectivity index (χ0n) is 19.4. The lowest BCUT2D eigenvalue weighted by Crippen LogP contribution is -2.52. The molecule has 1 aromatic rings. The first-order chi connectivity index (χ1) is 15.9. The van der Waals surface area contributed by atoms with Crippen molar-refractivity contribution >= 4 is 17.6 Å². The average molecular weight is 456 g/mol. The molecule has 5 N–H and O–H groups in total. The molecule has 2 saturated heterocycles. The molecule has 1 unspecified atom stereocenters. The Labute approximate surface area is 194 Å². The van der Waals surface area contributed by atoms with Crippen LogP contribution in [-0.4, -0.2) is 67.2 Å². The number of hydrazine groups is 1. The maximum atomic E-state index is 13.0. The number of likely N-dealkylation sites (tertiary alicyclic amines) is 1. The number of carbonyl (C=O) groups is 2. The molecule has 3 aliphatic rings. The molecule has 178 valence electrons. The molecule has 3 aliphatic heterocycles. The van der Waals surface area contributed by atoms with Crippen LogP contribution in [-0.2, 0) is 11.3 Å². The Kier molecular flexibility index (Phi) is 6.96. The number of ether oxygens (including phenoxy) is 1. The van der Waals surface area contributed by atoms with Crippen LogP contribution in [0.4, 0.5) is 4.79 Å². The first-order valence-corrected chi connectivity index (χ1v) is 11.4. The summed E-state index contributed by atoms with van der Waals surface area (Å²) in [7, 11) is 1.60. The molecule has 4 rings (SSSR count). The Bertz CT molecular complexity index is 953. The Morgan fingerprint density at radius 1 is 1.27 bits per heavy atom. The average Bonchev–Trinajstić information content (AvgIpc) is 3.09. The van der Waals surface area contributed by atoms with Gasteiger partial charge in [-0.1, -0.05) is 12.1 Å². The third-order valence-corrected chi connectivity index (χ3v) is 6.39. The number of rotatable bonds is 6. The van der Waals surface area contributed by atoms with E-state index in [1.807, 2.05) is 32.2 Å². The van der Waals surface area contributed by atoms with Crippen LogP contribution in [0.3, 0.4) is 0 Å². The van der Waals surface area contributed by atoms with E-state index in [0.29, 0.717) is 24.7 Å². The minimum atomic E-state index is -0.500. The van der Waals surface area contributed by atoms with Gasteiger partial charge in [0, 0.05) is 50.2 Å². The maximum absolute atomic E-state index is 13.0. The topological polar surface area (TPSA) is 119 Å². The van der Waals surface area contributed by atoms with Gasteiger partial charge in [0.15, 0.2) is 6.29 Å². The van der Waals surface area contributed by atoms with Gasteiger partial charge in [-0.2, -0.15) is 0 Å². The minimum absolute atomic E-state index is 0.144. The fourth-order valence-electron chi connectivity index (χ4n) is 4.41. The van der Waals surface area contributed by atoms with Crippen molar-refractivity contribution in [3.63, 3.8) is 0 Å².